The molecule has 0 aliphatic carbocycles. The van der Waals surface area contributed by atoms with Gasteiger partial charge >= 0.3 is 0 Å². The lowest BCUT2D eigenvalue weighted by Gasteiger charge is -2.24. The number of carbonyl (C=O) groups excluding carboxylic acids is 1. The fraction of sp³-hybridized carbons (Fsp3) is 0.625. The first-order valence-electron chi connectivity index (χ1n) is 7.45. The van der Waals surface area contributed by atoms with E-state index >= 15 is 0 Å². The normalized spacial score (nSPS) is 11.2. The fourth-order valence-electron chi connectivity index (χ4n) is 1.87. The predicted octanol–water partition coefficient (Wildman–Crippen LogP) is 2.70. The summed E-state index contributed by atoms with van der Waals surface area (Å²) in [6, 6.07) is 1.83. The highest BCUT2D eigenvalue weighted by molar-refractivity contribution is 5.99. The maximum Gasteiger partial charge on any atom is 0.254 e. The van der Waals surface area contributed by atoms with Crippen LogP contribution in [-0.2, 0) is 4.74 Å². The second-order valence-corrected chi connectivity index (χ2v) is 5.94. The molecule has 0 bridgehead atoms. The first-order chi connectivity index (χ1) is 10.00. The second kappa shape index (κ2) is 8.62. The van der Waals surface area contributed by atoms with Gasteiger partial charge in [-0.2, -0.15) is 0 Å². The first kappa shape index (κ1) is 17.4. The van der Waals surface area contributed by atoms with Gasteiger partial charge in [-0.1, -0.05) is 20.8 Å². The number of carbonyl (C=O) groups is 1. The first-order valence-corrected chi connectivity index (χ1v) is 7.45. The molecule has 0 fully saturated rings. The van der Waals surface area contributed by atoms with Gasteiger partial charge in [0.2, 0.25) is 0 Å². The van der Waals surface area contributed by atoms with Crippen LogP contribution in [0.5, 0.6) is 0 Å². The molecular weight excluding hydrogens is 266 g/mol. The van der Waals surface area contributed by atoms with Crippen LogP contribution >= 0.6 is 0 Å². The van der Waals surface area contributed by atoms with Crippen molar-refractivity contribution in [2.75, 3.05) is 32.1 Å². The smallest absolute Gasteiger partial charge is 0.254 e. The number of pyridine rings is 1. The highest BCUT2D eigenvalue weighted by Crippen LogP contribution is 2.20. The third-order valence-electron chi connectivity index (χ3n) is 3.34. The van der Waals surface area contributed by atoms with E-state index in [4.69, 9.17) is 4.74 Å². The quantitative estimate of drug-likeness (QED) is 0.735. The highest BCUT2D eigenvalue weighted by atomic mass is 16.5. The molecule has 0 unspecified atom stereocenters. The van der Waals surface area contributed by atoms with E-state index in [0.29, 0.717) is 18.7 Å². The summed E-state index contributed by atoms with van der Waals surface area (Å²) >= 11 is 0. The van der Waals surface area contributed by atoms with Crippen molar-refractivity contribution in [2.24, 2.45) is 5.41 Å². The van der Waals surface area contributed by atoms with Crippen LogP contribution in [0.1, 0.15) is 44.0 Å². The Hall–Kier alpha value is -1.62. The lowest BCUT2D eigenvalue weighted by molar-refractivity contribution is 0.0921. The number of rotatable bonds is 9. The van der Waals surface area contributed by atoms with Gasteiger partial charge in [-0.3, -0.25) is 9.78 Å². The lowest BCUT2D eigenvalue weighted by atomic mass is 9.89. The monoisotopic (exact) mass is 293 g/mol. The average Bonchev–Trinajstić information content (AvgIpc) is 2.49. The Morgan fingerprint density at radius 2 is 2.19 bits per heavy atom. The van der Waals surface area contributed by atoms with Crippen LogP contribution in [0, 0.1) is 5.41 Å². The number of hydrogen-bond donors (Lipinski definition) is 2. The zero-order valence-electron chi connectivity index (χ0n) is 13.5. The molecule has 0 aliphatic heterocycles. The SMILES string of the molecule is CCCNc1ccncc1C(=O)NCC(C)(C)CCOC. The van der Waals surface area contributed by atoms with Gasteiger partial charge in [-0.25, -0.2) is 0 Å². The van der Waals surface area contributed by atoms with Crippen LogP contribution in [-0.4, -0.2) is 37.7 Å². The van der Waals surface area contributed by atoms with Gasteiger partial charge in [0.1, 0.15) is 0 Å². The van der Waals surface area contributed by atoms with Gasteiger partial charge < -0.3 is 15.4 Å². The number of ether oxygens (including phenoxy) is 1. The zero-order chi connectivity index (χ0) is 15.7. The molecule has 0 saturated heterocycles. The molecule has 5 heteroatoms. The third-order valence-corrected chi connectivity index (χ3v) is 3.34. The molecule has 0 radical (unpaired) electrons. The van der Waals surface area contributed by atoms with E-state index in [-0.39, 0.29) is 11.3 Å². The maximum absolute atomic E-state index is 12.3. The molecule has 1 amide bonds. The Morgan fingerprint density at radius 1 is 1.43 bits per heavy atom. The lowest BCUT2D eigenvalue weighted by Crippen LogP contribution is -2.35. The zero-order valence-corrected chi connectivity index (χ0v) is 13.5. The molecule has 1 rings (SSSR count). The van der Waals surface area contributed by atoms with Gasteiger partial charge in [-0.15, -0.1) is 0 Å². The van der Waals surface area contributed by atoms with Crippen molar-refractivity contribution in [3.8, 4) is 0 Å². The molecule has 2 N–H and O–H groups in total. The molecule has 0 aliphatic rings. The van der Waals surface area contributed by atoms with Crippen LogP contribution in [0.2, 0.25) is 0 Å². The number of hydrogen-bond acceptors (Lipinski definition) is 4. The van der Waals surface area contributed by atoms with Crippen molar-refractivity contribution in [3.05, 3.63) is 24.0 Å². The molecule has 1 aromatic rings. The maximum atomic E-state index is 12.3. The molecule has 21 heavy (non-hydrogen) atoms. The number of nitrogens with one attached hydrogen (secondary N) is 2. The summed E-state index contributed by atoms with van der Waals surface area (Å²) in [6.45, 7) is 8.46. The topological polar surface area (TPSA) is 63.2 Å². The predicted molar refractivity (Wildman–Crippen MR) is 85.6 cm³/mol. The second-order valence-electron chi connectivity index (χ2n) is 5.94. The standard InChI is InChI=1S/C16H27N3O2/c1-5-8-18-14-6-9-17-11-13(14)15(20)19-12-16(2,3)7-10-21-4/h6,9,11H,5,7-8,10,12H2,1-4H3,(H,17,18)(H,19,20). The minimum Gasteiger partial charge on any atom is -0.385 e. The summed E-state index contributed by atoms with van der Waals surface area (Å²) in [5, 5.41) is 6.24. The van der Waals surface area contributed by atoms with Crippen molar-refractivity contribution in [1.29, 1.82) is 0 Å². The van der Waals surface area contributed by atoms with Crippen LogP contribution in [0.3, 0.4) is 0 Å². The van der Waals surface area contributed by atoms with Gasteiger partial charge in [0.05, 0.1) is 11.3 Å². The summed E-state index contributed by atoms with van der Waals surface area (Å²) < 4.78 is 5.10. The van der Waals surface area contributed by atoms with Gasteiger partial charge in [0, 0.05) is 39.2 Å². The van der Waals surface area contributed by atoms with E-state index in [2.05, 4.69) is 36.4 Å². The van der Waals surface area contributed by atoms with Crippen LogP contribution in [0.25, 0.3) is 0 Å². The van der Waals surface area contributed by atoms with E-state index in [1.165, 1.54) is 0 Å². The van der Waals surface area contributed by atoms with Crippen LogP contribution in [0.4, 0.5) is 5.69 Å². The highest BCUT2D eigenvalue weighted by Gasteiger charge is 2.20. The Bertz CT molecular complexity index is 447. The number of methoxy groups -OCH3 is 1. The number of aromatic nitrogens is 1. The molecular formula is C16H27N3O2. The molecule has 5 nitrogen and oxygen atoms in total. The van der Waals surface area contributed by atoms with Crippen molar-refractivity contribution in [1.82, 2.24) is 10.3 Å². The van der Waals surface area contributed by atoms with Gasteiger partial charge in [-0.05, 0) is 24.3 Å². The molecule has 1 heterocycles. The van der Waals surface area contributed by atoms with E-state index in [1.807, 2.05) is 6.07 Å². The number of anilines is 1. The fourth-order valence-corrected chi connectivity index (χ4v) is 1.87. The van der Waals surface area contributed by atoms with E-state index in [9.17, 15) is 4.79 Å². The van der Waals surface area contributed by atoms with E-state index < -0.39 is 0 Å². The molecule has 0 atom stereocenters. The Kier molecular flexibility index (Phi) is 7.15. The number of amides is 1. The molecule has 0 aromatic carbocycles. The van der Waals surface area contributed by atoms with Crippen molar-refractivity contribution < 1.29 is 9.53 Å². The Labute approximate surface area is 127 Å². The molecule has 0 saturated carbocycles. The Morgan fingerprint density at radius 3 is 2.86 bits per heavy atom. The Balaban J connectivity index is 2.63. The van der Waals surface area contributed by atoms with E-state index in [1.54, 1.807) is 19.5 Å². The summed E-state index contributed by atoms with van der Waals surface area (Å²) in [7, 11) is 1.69. The molecule has 0 spiro atoms. The van der Waals surface area contributed by atoms with Crippen molar-refractivity contribution in [2.45, 2.75) is 33.6 Å². The van der Waals surface area contributed by atoms with E-state index in [0.717, 1.165) is 25.1 Å². The van der Waals surface area contributed by atoms with Crippen molar-refractivity contribution >= 4 is 11.6 Å². The summed E-state index contributed by atoms with van der Waals surface area (Å²) in [5.41, 5.74) is 1.43. The summed E-state index contributed by atoms with van der Waals surface area (Å²) in [5.74, 6) is -0.0906. The molecule has 118 valence electrons. The largest absolute Gasteiger partial charge is 0.385 e. The van der Waals surface area contributed by atoms with Crippen molar-refractivity contribution in [3.63, 3.8) is 0 Å². The minimum absolute atomic E-state index is 0.00485. The van der Waals surface area contributed by atoms with Crippen LogP contribution < -0.4 is 10.6 Å². The minimum atomic E-state index is -0.0906. The van der Waals surface area contributed by atoms with Gasteiger partial charge in [0.25, 0.3) is 5.91 Å². The third kappa shape index (κ3) is 6.12. The number of nitrogens with zero attached hydrogens (tertiary/aromatic N) is 1. The summed E-state index contributed by atoms with van der Waals surface area (Å²) in [6.07, 6.45) is 5.21. The average molecular weight is 293 g/mol. The van der Waals surface area contributed by atoms with Gasteiger partial charge in [0.15, 0.2) is 0 Å². The van der Waals surface area contributed by atoms with Crippen LogP contribution in [0.15, 0.2) is 18.5 Å². The molecule has 1 aromatic heterocycles. The summed E-state index contributed by atoms with van der Waals surface area (Å²) in [4.78, 5) is 16.4.